The molecule has 0 aliphatic carbocycles. The summed E-state index contributed by atoms with van der Waals surface area (Å²) in [6.45, 7) is 0. The second-order valence-corrected chi connectivity index (χ2v) is 6.88. The number of para-hydroxylation sites is 1. The number of nitrogens with zero attached hydrogens (tertiary/aromatic N) is 2. The summed E-state index contributed by atoms with van der Waals surface area (Å²) in [5.41, 5.74) is 3.93. The second-order valence-electron chi connectivity index (χ2n) is 6.03. The normalized spacial score (nSPS) is 10.6. The van der Waals surface area contributed by atoms with Crippen molar-refractivity contribution in [1.82, 2.24) is 5.43 Å². The van der Waals surface area contributed by atoms with Crippen LogP contribution >= 0.6 is 15.9 Å². The number of non-ortho nitro benzene ring substituents is 1. The molecule has 3 rings (SSSR count). The lowest BCUT2D eigenvalue weighted by molar-refractivity contribution is -0.384. The van der Waals surface area contributed by atoms with Gasteiger partial charge in [0.2, 0.25) is 0 Å². The molecule has 2 N–H and O–H groups in total. The number of carbonyl (C=O) groups is 2. The lowest BCUT2D eigenvalue weighted by atomic mass is 10.1. The molecule has 150 valence electrons. The van der Waals surface area contributed by atoms with Crippen molar-refractivity contribution < 1.29 is 14.5 Å². The molecule has 0 atom stereocenters. The lowest BCUT2D eigenvalue weighted by Gasteiger charge is -2.10. The van der Waals surface area contributed by atoms with Gasteiger partial charge < -0.3 is 5.32 Å². The Morgan fingerprint density at radius 1 is 0.900 bits per heavy atom. The van der Waals surface area contributed by atoms with Crippen molar-refractivity contribution >= 4 is 45.3 Å². The van der Waals surface area contributed by atoms with Crippen LogP contribution in [-0.2, 0) is 0 Å². The van der Waals surface area contributed by atoms with E-state index in [0.29, 0.717) is 21.3 Å². The maximum Gasteiger partial charge on any atom is 0.273 e. The van der Waals surface area contributed by atoms with E-state index in [9.17, 15) is 19.7 Å². The number of carbonyl (C=O) groups excluding carboxylic acids is 2. The summed E-state index contributed by atoms with van der Waals surface area (Å²) in [6.07, 6.45) is 1.36. The maximum atomic E-state index is 12.5. The summed E-state index contributed by atoms with van der Waals surface area (Å²) in [7, 11) is 0. The molecular formula is C21H15BrN4O4. The van der Waals surface area contributed by atoms with Crippen LogP contribution in [0.4, 0.5) is 11.4 Å². The Bertz CT molecular complexity index is 1130. The van der Waals surface area contributed by atoms with Gasteiger partial charge in [-0.2, -0.15) is 5.10 Å². The van der Waals surface area contributed by atoms with Gasteiger partial charge in [0.15, 0.2) is 0 Å². The van der Waals surface area contributed by atoms with E-state index in [1.165, 1.54) is 30.5 Å². The number of nitrogens with one attached hydrogen (secondary N) is 2. The van der Waals surface area contributed by atoms with Gasteiger partial charge in [-0.1, -0.05) is 24.3 Å². The molecule has 0 aliphatic heterocycles. The topological polar surface area (TPSA) is 114 Å². The van der Waals surface area contributed by atoms with Gasteiger partial charge in [-0.3, -0.25) is 19.7 Å². The van der Waals surface area contributed by atoms with Crippen LogP contribution in [0.2, 0.25) is 0 Å². The largest absolute Gasteiger partial charge is 0.321 e. The molecule has 0 unspecified atom stereocenters. The smallest absolute Gasteiger partial charge is 0.273 e. The van der Waals surface area contributed by atoms with E-state index in [1.807, 2.05) is 0 Å². The summed E-state index contributed by atoms with van der Waals surface area (Å²) in [4.78, 5) is 35.2. The van der Waals surface area contributed by atoms with Crippen LogP contribution in [0.25, 0.3) is 0 Å². The molecule has 0 bridgehead atoms. The highest BCUT2D eigenvalue weighted by atomic mass is 79.9. The molecule has 3 aromatic carbocycles. The Hall–Kier alpha value is -3.85. The number of amides is 2. The lowest BCUT2D eigenvalue weighted by Crippen LogP contribution is -2.21. The Morgan fingerprint density at radius 2 is 1.53 bits per heavy atom. The molecule has 0 heterocycles. The molecule has 0 aromatic heterocycles. The monoisotopic (exact) mass is 466 g/mol. The van der Waals surface area contributed by atoms with Crippen LogP contribution < -0.4 is 10.7 Å². The summed E-state index contributed by atoms with van der Waals surface area (Å²) >= 11 is 3.33. The second kappa shape index (κ2) is 9.57. The van der Waals surface area contributed by atoms with Crippen LogP contribution in [0, 0.1) is 10.1 Å². The highest BCUT2D eigenvalue weighted by Gasteiger charge is 2.15. The highest BCUT2D eigenvalue weighted by Crippen LogP contribution is 2.20. The zero-order valence-corrected chi connectivity index (χ0v) is 17.0. The molecular weight excluding hydrogens is 452 g/mol. The summed E-state index contributed by atoms with van der Waals surface area (Å²) in [6, 6.07) is 19.2. The van der Waals surface area contributed by atoms with E-state index in [1.54, 1.807) is 48.5 Å². The molecule has 30 heavy (non-hydrogen) atoms. The Morgan fingerprint density at radius 3 is 2.20 bits per heavy atom. The molecule has 8 nitrogen and oxygen atoms in total. The zero-order chi connectivity index (χ0) is 21.5. The minimum Gasteiger partial charge on any atom is -0.321 e. The van der Waals surface area contributed by atoms with Crippen LogP contribution in [0.3, 0.4) is 0 Å². The van der Waals surface area contributed by atoms with E-state index in [-0.39, 0.29) is 17.2 Å². The van der Waals surface area contributed by atoms with Crippen LogP contribution in [-0.4, -0.2) is 23.0 Å². The molecule has 0 spiro atoms. The summed E-state index contributed by atoms with van der Waals surface area (Å²) in [5.74, 6) is -0.881. The average molecular weight is 467 g/mol. The quantitative estimate of drug-likeness (QED) is 0.318. The van der Waals surface area contributed by atoms with E-state index in [0.717, 1.165) is 0 Å². The van der Waals surface area contributed by atoms with Gasteiger partial charge >= 0.3 is 0 Å². The molecule has 0 fully saturated rings. The third kappa shape index (κ3) is 5.15. The Kier molecular flexibility index (Phi) is 6.66. The van der Waals surface area contributed by atoms with Gasteiger partial charge in [-0.05, 0) is 57.9 Å². The first kappa shape index (κ1) is 20.9. The van der Waals surface area contributed by atoms with Crippen molar-refractivity contribution in [3.8, 4) is 0 Å². The number of hydrogen-bond donors (Lipinski definition) is 2. The Labute approximate surface area is 179 Å². The molecule has 0 saturated heterocycles. The van der Waals surface area contributed by atoms with Gasteiger partial charge in [0.05, 0.1) is 28.0 Å². The predicted molar refractivity (Wildman–Crippen MR) is 117 cm³/mol. The fraction of sp³-hybridized carbons (Fsp3) is 0. The molecule has 0 aliphatic rings. The third-order valence-electron chi connectivity index (χ3n) is 4.02. The number of benzene rings is 3. The number of hydrogen-bond acceptors (Lipinski definition) is 5. The summed E-state index contributed by atoms with van der Waals surface area (Å²) in [5, 5.41) is 17.3. The first-order chi connectivity index (χ1) is 14.5. The number of halogens is 1. The standard InChI is InChI=1S/C21H15BrN4O4/c22-18-7-3-1-5-16(18)20(27)24-19-8-4-2-6-17(19)21(28)25-23-13-14-9-11-15(12-10-14)26(29)30/h1-13H,(H,24,27)(H,25,28)/b23-13+. The van der Waals surface area contributed by atoms with Gasteiger partial charge in [-0.25, -0.2) is 5.43 Å². The Balaban J connectivity index is 1.70. The number of rotatable bonds is 6. The molecule has 9 heteroatoms. The third-order valence-corrected chi connectivity index (χ3v) is 4.71. The first-order valence-corrected chi connectivity index (χ1v) is 9.48. The van der Waals surface area contributed by atoms with Gasteiger partial charge in [-0.15, -0.1) is 0 Å². The zero-order valence-electron chi connectivity index (χ0n) is 15.4. The van der Waals surface area contributed by atoms with Crippen molar-refractivity contribution in [2.75, 3.05) is 5.32 Å². The minimum atomic E-state index is -0.517. The number of anilines is 1. The van der Waals surface area contributed by atoms with Crippen molar-refractivity contribution in [3.63, 3.8) is 0 Å². The van der Waals surface area contributed by atoms with Crippen molar-refractivity contribution in [1.29, 1.82) is 0 Å². The minimum absolute atomic E-state index is 0.0362. The van der Waals surface area contributed by atoms with Crippen molar-refractivity contribution in [2.45, 2.75) is 0 Å². The fourth-order valence-electron chi connectivity index (χ4n) is 2.53. The molecule has 0 saturated carbocycles. The van der Waals surface area contributed by atoms with Crippen LogP contribution in [0.1, 0.15) is 26.3 Å². The number of hydrazone groups is 1. The predicted octanol–water partition coefficient (Wildman–Crippen LogP) is 4.37. The first-order valence-electron chi connectivity index (χ1n) is 8.68. The molecule has 0 radical (unpaired) electrons. The van der Waals surface area contributed by atoms with Crippen LogP contribution in [0.5, 0.6) is 0 Å². The van der Waals surface area contributed by atoms with Crippen LogP contribution in [0.15, 0.2) is 82.4 Å². The van der Waals surface area contributed by atoms with E-state index in [2.05, 4.69) is 31.8 Å². The molecule has 3 aromatic rings. The van der Waals surface area contributed by atoms with Gasteiger partial charge in [0, 0.05) is 16.6 Å². The van der Waals surface area contributed by atoms with Gasteiger partial charge in [0.25, 0.3) is 17.5 Å². The van der Waals surface area contributed by atoms with Crippen molar-refractivity contribution in [3.05, 3.63) is 104 Å². The average Bonchev–Trinajstić information content (AvgIpc) is 2.74. The van der Waals surface area contributed by atoms with E-state index >= 15 is 0 Å². The van der Waals surface area contributed by atoms with E-state index < -0.39 is 10.8 Å². The fourth-order valence-corrected chi connectivity index (χ4v) is 3.00. The summed E-state index contributed by atoms with van der Waals surface area (Å²) < 4.78 is 0.636. The molecule has 2 amide bonds. The van der Waals surface area contributed by atoms with E-state index in [4.69, 9.17) is 0 Å². The highest BCUT2D eigenvalue weighted by molar-refractivity contribution is 9.10. The number of nitro benzene ring substituents is 1. The number of nitro groups is 1. The maximum absolute atomic E-state index is 12.5. The van der Waals surface area contributed by atoms with Gasteiger partial charge in [0.1, 0.15) is 0 Å². The van der Waals surface area contributed by atoms with Crippen molar-refractivity contribution in [2.24, 2.45) is 5.10 Å². The SMILES string of the molecule is O=C(Nc1ccccc1C(=O)N/N=C/c1ccc([N+](=O)[O-])cc1)c1ccccc1Br.